The lowest BCUT2D eigenvalue weighted by molar-refractivity contribution is -0.138. The molecule has 3 N–H and O–H groups in total. The van der Waals surface area contributed by atoms with Crippen molar-refractivity contribution in [2.24, 2.45) is 18.7 Å². The summed E-state index contributed by atoms with van der Waals surface area (Å²) in [7, 11) is 1.99. The van der Waals surface area contributed by atoms with Crippen LogP contribution in [0, 0.1) is 5.92 Å². The first-order valence-corrected chi connectivity index (χ1v) is 9.87. The van der Waals surface area contributed by atoms with Crippen LogP contribution in [0.4, 0.5) is 0 Å². The molecule has 2 heterocycles. The van der Waals surface area contributed by atoms with Crippen molar-refractivity contribution in [3.8, 4) is 11.3 Å². The lowest BCUT2D eigenvalue weighted by Crippen LogP contribution is -2.46. The molecule has 1 fully saturated rings. The highest BCUT2D eigenvalue weighted by Crippen LogP contribution is 2.30. The number of amides is 1. The SMILES string of the molecule is Cn1nc2c(c1-c1ccccc1)CCN(C(=O)[C@H]1CC[C@@H](N)[C@H](O)C1)CC2. The van der Waals surface area contributed by atoms with Crippen LogP contribution >= 0.6 is 0 Å². The van der Waals surface area contributed by atoms with Crippen LogP contribution < -0.4 is 5.73 Å². The largest absolute Gasteiger partial charge is 0.391 e. The Kier molecular flexibility index (Phi) is 5.02. The summed E-state index contributed by atoms with van der Waals surface area (Å²) in [6, 6.07) is 10.1. The van der Waals surface area contributed by atoms with Crippen LogP contribution in [0.5, 0.6) is 0 Å². The van der Waals surface area contributed by atoms with Crippen LogP contribution in [-0.2, 0) is 24.7 Å². The van der Waals surface area contributed by atoms with Gasteiger partial charge in [0.1, 0.15) is 0 Å². The number of benzene rings is 1. The van der Waals surface area contributed by atoms with Gasteiger partial charge in [-0.25, -0.2) is 0 Å². The van der Waals surface area contributed by atoms with E-state index in [9.17, 15) is 9.90 Å². The third-order valence-corrected chi connectivity index (χ3v) is 6.06. The molecule has 6 nitrogen and oxygen atoms in total. The quantitative estimate of drug-likeness (QED) is 0.841. The number of aromatic nitrogens is 2. The second kappa shape index (κ2) is 7.44. The molecule has 2 aromatic rings. The van der Waals surface area contributed by atoms with Crippen LogP contribution in [0.15, 0.2) is 30.3 Å². The number of hydrogen-bond acceptors (Lipinski definition) is 4. The van der Waals surface area contributed by atoms with Crippen molar-refractivity contribution in [2.45, 2.75) is 44.2 Å². The van der Waals surface area contributed by atoms with Gasteiger partial charge < -0.3 is 15.7 Å². The van der Waals surface area contributed by atoms with E-state index in [0.29, 0.717) is 25.9 Å². The highest BCUT2D eigenvalue weighted by Gasteiger charge is 2.34. The Labute approximate surface area is 160 Å². The summed E-state index contributed by atoms with van der Waals surface area (Å²) in [5.74, 6) is 0.0571. The fourth-order valence-corrected chi connectivity index (χ4v) is 4.52. The maximum absolute atomic E-state index is 13.0. The molecule has 0 unspecified atom stereocenters. The van der Waals surface area contributed by atoms with Crippen LogP contribution in [0.25, 0.3) is 11.3 Å². The molecular formula is C21H28N4O2. The van der Waals surface area contributed by atoms with E-state index in [1.165, 1.54) is 5.56 Å². The minimum absolute atomic E-state index is 0.107. The summed E-state index contributed by atoms with van der Waals surface area (Å²) >= 11 is 0. The van der Waals surface area contributed by atoms with Crippen molar-refractivity contribution in [3.63, 3.8) is 0 Å². The number of nitrogens with zero attached hydrogens (tertiary/aromatic N) is 3. The molecule has 1 aliphatic heterocycles. The van der Waals surface area contributed by atoms with Gasteiger partial charge in [0.05, 0.1) is 17.5 Å². The van der Waals surface area contributed by atoms with E-state index < -0.39 is 6.10 Å². The fraction of sp³-hybridized carbons (Fsp3) is 0.524. The Bertz CT molecular complexity index is 817. The first-order chi connectivity index (χ1) is 13.0. The summed E-state index contributed by atoms with van der Waals surface area (Å²) in [6.45, 7) is 1.39. The maximum atomic E-state index is 13.0. The van der Waals surface area contributed by atoms with Gasteiger partial charge >= 0.3 is 0 Å². The standard InChI is InChI=1S/C21H28N4O2/c1-24-20(14-5-3-2-4-6-14)16-9-11-25(12-10-18(16)23-24)21(27)15-7-8-17(22)19(26)13-15/h2-6,15,17,19,26H,7-13,22H2,1H3/t15-,17+,19+/m0/s1. The van der Waals surface area contributed by atoms with Crippen molar-refractivity contribution in [1.29, 1.82) is 0 Å². The van der Waals surface area contributed by atoms with Crippen LogP contribution in [0.1, 0.15) is 30.5 Å². The number of carbonyl (C=O) groups is 1. The van der Waals surface area contributed by atoms with Gasteiger partial charge in [0.15, 0.2) is 0 Å². The molecule has 1 saturated carbocycles. The molecule has 0 radical (unpaired) electrons. The zero-order valence-corrected chi connectivity index (χ0v) is 15.8. The zero-order valence-electron chi connectivity index (χ0n) is 15.8. The summed E-state index contributed by atoms with van der Waals surface area (Å²) in [6.07, 6.45) is 2.99. The van der Waals surface area contributed by atoms with E-state index in [-0.39, 0.29) is 17.9 Å². The first-order valence-electron chi connectivity index (χ1n) is 9.87. The molecule has 0 bridgehead atoms. The Morgan fingerprint density at radius 3 is 2.67 bits per heavy atom. The van der Waals surface area contributed by atoms with E-state index in [2.05, 4.69) is 12.1 Å². The molecule has 1 amide bonds. The maximum Gasteiger partial charge on any atom is 0.225 e. The second-order valence-electron chi connectivity index (χ2n) is 7.83. The van der Waals surface area contributed by atoms with E-state index in [1.54, 1.807) is 0 Å². The van der Waals surface area contributed by atoms with Gasteiger partial charge in [-0.1, -0.05) is 30.3 Å². The van der Waals surface area contributed by atoms with E-state index in [1.807, 2.05) is 34.8 Å². The number of nitrogens with two attached hydrogens (primary N) is 1. The Morgan fingerprint density at radius 2 is 1.93 bits per heavy atom. The van der Waals surface area contributed by atoms with Crippen LogP contribution in [0.3, 0.4) is 0 Å². The molecule has 1 aromatic heterocycles. The van der Waals surface area contributed by atoms with Gasteiger partial charge in [-0.15, -0.1) is 0 Å². The van der Waals surface area contributed by atoms with E-state index in [4.69, 9.17) is 10.8 Å². The topological polar surface area (TPSA) is 84.4 Å². The van der Waals surface area contributed by atoms with Crippen molar-refractivity contribution in [1.82, 2.24) is 14.7 Å². The number of carbonyl (C=O) groups excluding carboxylic acids is 1. The van der Waals surface area contributed by atoms with Gasteiger partial charge in [0, 0.05) is 49.6 Å². The normalized spacial score (nSPS) is 25.7. The zero-order chi connectivity index (χ0) is 19.0. The molecule has 1 aromatic carbocycles. The minimum atomic E-state index is -0.565. The smallest absolute Gasteiger partial charge is 0.225 e. The highest BCUT2D eigenvalue weighted by atomic mass is 16.3. The number of hydrogen-bond donors (Lipinski definition) is 2. The number of fused-ring (bicyclic) bond motifs is 1. The van der Waals surface area contributed by atoms with Gasteiger partial charge in [0.25, 0.3) is 0 Å². The molecule has 0 saturated heterocycles. The predicted molar refractivity (Wildman–Crippen MR) is 104 cm³/mol. The number of aryl methyl sites for hydroxylation is 1. The number of aliphatic hydroxyl groups is 1. The molecule has 3 atom stereocenters. The molecule has 1 aliphatic carbocycles. The Balaban J connectivity index is 1.51. The monoisotopic (exact) mass is 368 g/mol. The molecule has 27 heavy (non-hydrogen) atoms. The van der Waals surface area contributed by atoms with Crippen molar-refractivity contribution < 1.29 is 9.90 Å². The minimum Gasteiger partial charge on any atom is -0.391 e. The third kappa shape index (κ3) is 3.51. The summed E-state index contributed by atoms with van der Waals surface area (Å²) < 4.78 is 1.97. The van der Waals surface area contributed by atoms with E-state index >= 15 is 0 Å². The molecular weight excluding hydrogens is 340 g/mol. The Morgan fingerprint density at radius 1 is 1.19 bits per heavy atom. The van der Waals surface area contributed by atoms with Crippen molar-refractivity contribution in [2.75, 3.05) is 13.1 Å². The fourth-order valence-electron chi connectivity index (χ4n) is 4.52. The molecule has 4 rings (SSSR count). The predicted octanol–water partition coefficient (Wildman–Crippen LogP) is 1.50. The highest BCUT2D eigenvalue weighted by molar-refractivity contribution is 5.79. The van der Waals surface area contributed by atoms with Crippen LogP contribution in [-0.4, -0.2) is 50.9 Å². The lowest BCUT2D eigenvalue weighted by Gasteiger charge is -2.33. The van der Waals surface area contributed by atoms with E-state index in [0.717, 1.165) is 36.2 Å². The average molecular weight is 368 g/mol. The summed E-state index contributed by atoms with van der Waals surface area (Å²) in [4.78, 5) is 15.0. The van der Waals surface area contributed by atoms with Gasteiger partial charge in [0.2, 0.25) is 5.91 Å². The number of rotatable bonds is 2. The van der Waals surface area contributed by atoms with Gasteiger partial charge in [-0.05, 0) is 25.7 Å². The number of aliphatic hydroxyl groups excluding tert-OH is 1. The molecule has 2 aliphatic rings. The molecule has 6 heteroatoms. The summed E-state index contributed by atoms with van der Waals surface area (Å²) in [5, 5.41) is 14.8. The van der Waals surface area contributed by atoms with Crippen molar-refractivity contribution >= 4 is 5.91 Å². The molecule has 0 spiro atoms. The first kappa shape index (κ1) is 18.2. The second-order valence-corrected chi connectivity index (χ2v) is 7.83. The average Bonchev–Trinajstić information content (AvgIpc) is 2.85. The molecule has 144 valence electrons. The van der Waals surface area contributed by atoms with Crippen LogP contribution in [0.2, 0.25) is 0 Å². The third-order valence-electron chi connectivity index (χ3n) is 6.06. The van der Waals surface area contributed by atoms with Gasteiger partial charge in [-0.2, -0.15) is 5.10 Å². The van der Waals surface area contributed by atoms with Gasteiger partial charge in [-0.3, -0.25) is 9.48 Å². The Hall–Kier alpha value is -2.18. The lowest BCUT2D eigenvalue weighted by atomic mass is 9.83. The summed E-state index contributed by atoms with van der Waals surface area (Å²) in [5.41, 5.74) is 10.6. The van der Waals surface area contributed by atoms with Crippen molar-refractivity contribution in [3.05, 3.63) is 41.6 Å².